The Morgan fingerprint density at radius 3 is 2.25 bits per heavy atom. The van der Waals surface area contributed by atoms with Crippen molar-refractivity contribution in [2.45, 2.75) is 13.8 Å². The molecule has 8 heavy (non-hydrogen) atoms. The fourth-order valence-corrected chi connectivity index (χ4v) is 0.517. The second kappa shape index (κ2) is 3.61. The van der Waals surface area contributed by atoms with Crippen molar-refractivity contribution in [1.82, 2.24) is 4.90 Å². The van der Waals surface area contributed by atoms with Crippen LogP contribution in [0, 0.1) is 5.41 Å². The van der Waals surface area contributed by atoms with E-state index in [2.05, 4.69) is 11.8 Å². The molecule has 0 saturated carbocycles. The minimum absolute atomic E-state index is 0.731. The first-order valence-electron chi connectivity index (χ1n) is 2.89. The first-order chi connectivity index (χ1) is 3.66. The molecule has 0 amide bonds. The standard InChI is InChI=1S/C6H14N2/c1-4-8(3)5-6(2)7/h7H,4-5H2,1-3H3. The van der Waals surface area contributed by atoms with E-state index in [9.17, 15) is 0 Å². The molecule has 0 aromatic heterocycles. The summed E-state index contributed by atoms with van der Waals surface area (Å²) >= 11 is 0. The maximum absolute atomic E-state index is 7.09. The topological polar surface area (TPSA) is 27.1 Å². The second-order valence-corrected chi connectivity index (χ2v) is 2.11. The molecule has 2 nitrogen and oxygen atoms in total. The van der Waals surface area contributed by atoms with Crippen molar-refractivity contribution in [3.63, 3.8) is 0 Å². The van der Waals surface area contributed by atoms with Crippen LogP contribution in [0.5, 0.6) is 0 Å². The third-order valence-electron chi connectivity index (χ3n) is 1.05. The highest BCUT2D eigenvalue weighted by molar-refractivity contribution is 5.80. The van der Waals surface area contributed by atoms with E-state index < -0.39 is 0 Å². The lowest BCUT2D eigenvalue weighted by molar-refractivity contribution is 0.402. The molecule has 1 N–H and O–H groups in total. The van der Waals surface area contributed by atoms with Gasteiger partial charge in [0.25, 0.3) is 0 Å². The summed E-state index contributed by atoms with van der Waals surface area (Å²) in [7, 11) is 2.01. The van der Waals surface area contributed by atoms with Gasteiger partial charge in [0, 0.05) is 12.3 Å². The zero-order valence-corrected chi connectivity index (χ0v) is 5.86. The molecule has 0 saturated heterocycles. The van der Waals surface area contributed by atoms with Crippen LogP contribution in [0.15, 0.2) is 0 Å². The van der Waals surface area contributed by atoms with Gasteiger partial charge in [0.05, 0.1) is 0 Å². The van der Waals surface area contributed by atoms with Crippen LogP contribution in [0.3, 0.4) is 0 Å². The van der Waals surface area contributed by atoms with Crippen LogP contribution in [0.25, 0.3) is 0 Å². The monoisotopic (exact) mass is 114 g/mol. The fraction of sp³-hybridized carbons (Fsp3) is 0.833. The highest BCUT2D eigenvalue weighted by Crippen LogP contribution is 1.79. The number of rotatable bonds is 3. The van der Waals surface area contributed by atoms with Gasteiger partial charge < -0.3 is 10.3 Å². The van der Waals surface area contributed by atoms with Crippen LogP contribution in [0.4, 0.5) is 0 Å². The van der Waals surface area contributed by atoms with Crippen molar-refractivity contribution in [2.75, 3.05) is 20.1 Å². The normalized spacial score (nSPS) is 10.0. The molecule has 0 aromatic rings. The molecule has 0 rings (SSSR count). The van der Waals surface area contributed by atoms with Crippen molar-refractivity contribution >= 4 is 5.71 Å². The third kappa shape index (κ3) is 3.81. The van der Waals surface area contributed by atoms with Gasteiger partial charge in [-0.1, -0.05) is 6.92 Å². The number of nitrogens with zero attached hydrogens (tertiary/aromatic N) is 1. The molecule has 0 bridgehead atoms. The summed E-state index contributed by atoms with van der Waals surface area (Å²) in [5.41, 5.74) is 0.731. The molecule has 0 atom stereocenters. The molecule has 48 valence electrons. The molecule has 0 heterocycles. The summed E-state index contributed by atoms with van der Waals surface area (Å²) in [5, 5.41) is 7.09. The molecule has 0 radical (unpaired) electrons. The molecular formula is C6H14N2. The van der Waals surface area contributed by atoms with Crippen LogP contribution < -0.4 is 0 Å². The summed E-state index contributed by atoms with van der Waals surface area (Å²) in [6.45, 7) is 5.74. The van der Waals surface area contributed by atoms with Crippen LogP contribution in [-0.4, -0.2) is 30.7 Å². The molecule has 0 aliphatic carbocycles. The average molecular weight is 114 g/mol. The van der Waals surface area contributed by atoms with E-state index in [0.717, 1.165) is 18.8 Å². The van der Waals surface area contributed by atoms with E-state index in [-0.39, 0.29) is 0 Å². The van der Waals surface area contributed by atoms with Gasteiger partial charge in [0.1, 0.15) is 0 Å². The van der Waals surface area contributed by atoms with Gasteiger partial charge in [0.2, 0.25) is 0 Å². The van der Waals surface area contributed by atoms with Crippen molar-refractivity contribution in [3.8, 4) is 0 Å². The summed E-state index contributed by atoms with van der Waals surface area (Å²) in [4.78, 5) is 2.10. The van der Waals surface area contributed by atoms with E-state index in [4.69, 9.17) is 5.41 Å². The van der Waals surface area contributed by atoms with E-state index in [1.807, 2.05) is 14.0 Å². The zero-order chi connectivity index (χ0) is 6.57. The first-order valence-corrected chi connectivity index (χ1v) is 2.89. The maximum Gasteiger partial charge on any atom is 0.0354 e. The summed E-state index contributed by atoms with van der Waals surface area (Å²) in [6.07, 6.45) is 0. The first kappa shape index (κ1) is 7.63. The van der Waals surface area contributed by atoms with Crippen molar-refractivity contribution in [1.29, 1.82) is 5.41 Å². The molecule has 2 heteroatoms. The van der Waals surface area contributed by atoms with Crippen molar-refractivity contribution in [3.05, 3.63) is 0 Å². The quantitative estimate of drug-likeness (QED) is 0.544. The smallest absolute Gasteiger partial charge is 0.0354 e. The predicted octanol–water partition coefficient (Wildman–Crippen LogP) is 0.978. The largest absolute Gasteiger partial charge is 0.309 e. The lowest BCUT2D eigenvalue weighted by Gasteiger charge is -2.11. The zero-order valence-electron chi connectivity index (χ0n) is 5.86. The van der Waals surface area contributed by atoms with Crippen LogP contribution in [-0.2, 0) is 0 Å². The third-order valence-corrected chi connectivity index (χ3v) is 1.05. The van der Waals surface area contributed by atoms with Crippen LogP contribution in [0.2, 0.25) is 0 Å². The molecule has 0 aromatic carbocycles. The summed E-state index contributed by atoms with van der Waals surface area (Å²) in [5.74, 6) is 0. The summed E-state index contributed by atoms with van der Waals surface area (Å²) < 4.78 is 0. The Labute approximate surface area is 51.0 Å². The van der Waals surface area contributed by atoms with Crippen LogP contribution >= 0.6 is 0 Å². The second-order valence-electron chi connectivity index (χ2n) is 2.11. The number of nitrogens with one attached hydrogen (secondary N) is 1. The highest BCUT2D eigenvalue weighted by Gasteiger charge is 1.92. The SMILES string of the molecule is CCN(C)CC(C)=N. The van der Waals surface area contributed by atoms with Crippen LogP contribution in [0.1, 0.15) is 13.8 Å². The van der Waals surface area contributed by atoms with Gasteiger partial charge in [-0.15, -0.1) is 0 Å². The number of hydrogen-bond donors (Lipinski definition) is 1. The van der Waals surface area contributed by atoms with E-state index in [0.29, 0.717) is 0 Å². The lowest BCUT2D eigenvalue weighted by atomic mass is 10.4. The van der Waals surface area contributed by atoms with Gasteiger partial charge in [-0.05, 0) is 20.5 Å². The van der Waals surface area contributed by atoms with Gasteiger partial charge in [0.15, 0.2) is 0 Å². The van der Waals surface area contributed by atoms with Gasteiger partial charge >= 0.3 is 0 Å². The van der Waals surface area contributed by atoms with E-state index >= 15 is 0 Å². The van der Waals surface area contributed by atoms with E-state index in [1.165, 1.54) is 0 Å². The molecule has 0 aliphatic rings. The Morgan fingerprint density at radius 2 is 2.12 bits per heavy atom. The van der Waals surface area contributed by atoms with Gasteiger partial charge in [-0.3, -0.25) is 0 Å². The molecule has 0 fully saturated rings. The lowest BCUT2D eigenvalue weighted by Crippen LogP contribution is -2.23. The van der Waals surface area contributed by atoms with E-state index in [1.54, 1.807) is 0 Å². The Morgan fingerprint density at radius 1 is 1.62 bits per heavy atom. The Bertz CT molecular complexity index is 78.6. The molecular weight excluding hydrogens is 100 g/mol. The van der Waals surface area contributed by atoms with Gasteiger partial charge in [-0.25, -0.2) is 0 Å². The molecule has 0 spiro atoms. The minimum Gasteiger partial charge on any atom is -0.309 e. The number of hydrogen-bond acceptors (Lipinski definition) is 2. The molecule has 0 aliphatic heterocycles. The van der Waals surface area contributed by atoms with Crippen molar-refractivity contribution < 1.29 is 0 Å². The van der Waals surface area contributed by atoms with Gasteiger partial charge in [-0.2, -0.15) is 0 Å². The maximum atomic E-state index is 7.09. The Balaban J connectivity index is 3.24. The highest BCUT2D eigenvalue weighted by atomic mass is 15.1. The molecule has 0 unspecified atom stereocenters. The fourth-order valence-electron chi connectivity index (χ4n) is 0.517. The average Bonchev–Trinajstić information content (AvgIpc) is 1.65. The van der Waals surface area contributed by atoms with Crippen molar-refractivity contribution in [2.24, 2.45) is 0 Å². The predicted molar refractivity (Wildman–Crippen MR) is 36.6 cm³/mol. The minimum atomic E-state index is 0.731. The Kier molecular flexibility index (Phi) is 3.44. The Hall–Kier alpha value is -0.370. The summed E-state index contributed by atoms with van der Waals surface area (Å²) in [6, 6.07) is 0.